The Morgan fingerprint density at radius 1 is 0.450 bits per heavy atom. The molecular formula is C20H30. The molecule has 0 amide bonds. The van der Waals surface area contributed by atoms with Crippen LogP contribution in [-0.4, -0.2) is 0 Å². The molecule has 110 valence electrons. The van der Waals surface area contributed by atoms with E-state index in [-0.39, 0.29) is 0 Å². The topological polar surface area (TPSA) is 0 Å². The molecule has 0 aliphatic rings. The molecule has 0 aliphatic carbocycles. The first-order valence-electron chi connectivity index (χ1n) is 7.48. The monoisotopic (exact) mass is 270 g/mol. The van der Waals surface area contributed by atoms with Gasteiger partial charge in [-0.25, -0.2) is 0 Å². The Bertz CT molecular complexity index is 472. The average Bonchev–Trinajstić information content (AvgIpc) is 2.42. The van der Waals surface area contributed by atoms with Crippen LogP contribution in [0.3, 0.4) is 0 Å². The molecule has 0 saturated carbocycles. The summed E-state index contributed by atoms with van der Waals surface area (Å²) in [5.41, 5.74) is 8.21. The number of benzene rings is 2. The summed E-state index contributed by atoms with van der Waals surface area (Å²) < 4.78 is 0. The van der Waals surface area contributed by atoms with Crippen molar-refractivity contribution in [2.45, 2.75) is 55.4 Å². The van der Waals surface area contributed by atoms with Crippen molar-refractivity contribution in [3.63, 3.8) is 0 Å². The summed E-state index contributed by atoms with van der Waals surface area (Å²) in [5, 5.41) is 0. The van der Waals surface area contributed by atoms with Gasteiger partial charge in [0.05, 0.1) is 0 Å². The van der Waals surface area contributed by atoms with Crippen LogP contribution < -0.4 is 0 Å². The summed E-state index contributed by atoms with van der Waals surface area (Å²) in [6.07, 6.45) is 0. The molecule has 0 nitrogen and oxygen atoms in total. The van der Waals surface area contributed by atoms with Gasteiger partial charge in [0.15, 0.2) is 0 Å². The summed E-state index contributed by atoms with van der Waals surface area (Å²) in [5.74, 6) is 0. The Labute approximate surface area is 125 Å². The van der Waals surface area contributed by atoms with Crippen molar-refractivity contribution in [1.29, 1.82) is 0 Å². The van der Waals surface area contributed by atoms with Gasteiger partial charge < -0.3 is 0 Å². The third-order valence-corrected chi connectivity index (χ3v) is 3.32. The largest absolute Gasteiger partial charge is 0.0683 e. The van der Waals surface area contributed by atoms with E-state index in [4.69, 9.17) is 0 Å². The highest BCUT2D eigenvalue weighted by Crippen LogP contribution is 2.08. The molecule has 2 rings (SSSR count). The highest BCUT2D eigenvalue weighted by molar-refractivity contribution is 5.29. The van der Waals surface area contributed by atoms with Crippen molar-refractivity contribution in [3.8, 4) is 0 Å². The van der Waals surface area contributed by atoms with Crippen molar-refractivity contribution < 1.29 is 0 Å². The molecule has 0 saturated heterocycles. The van der Waals surface area contributed by atoms with Crippen LogP contribution in [0.4, 0.5) is 0 Å². The standard InChI is InChI=1S/2C9H12.C2H6/c2*1-7-4-5-8(2)9(3)6-7;1-2/h2*4-6H,1-3H3;1-2H3. The van der Waals surface area contributed by atoms with E-state index in [1.54, 1.807) is 0 Å². The molecule has 0 heterocycles. The number of hydrogen-bond acceptors (Lipinski definition) is 0. The maximum absolute atomic E-state index is 2.20. The van der Waals surface area contributed by atoms with Crippen molar-refractivity contribution >= 4 is 0 Å². The molecule has 0 aromatic heterocycles. The highest BCUT2D eigenvalue weighted by atomic mass is 14.0. The van der Waals surface area contributed by atoms with Crippen LogP contribution in [0.5, 0.6) is 0 Å². The Hall–Kier alpha value is -1.56. The van der Waals surface area contributed by atoms with Gasteiger partial charge in [-0.1, -0.05) is 61.4 Å². The van der Waals surface area contributed by atoms with Crippen LogP contribution in [0.15, 0.2) is 36.4 Å². The summed E-state index contributed by atoms with van der Waals surface area (Å²) in [6, 6.07) is 13.0. The molecule has 0 atom stereocenters. The zero-order valence-electron chi connectivity index (χ0n) is 14.5. The van der Waals surface area contributed by atoms with Crippen LogP contribution in [0.1, 0.15) is 47.2 Å². The smallest absolute Gasteiger partial charge is 0.0395 e. The number of hydrogen-bond donors (Lipinski definition) is 0. The maximum atomic E-state index is 2.20. The molecule has 2 aromatic carbocycles. The van der Waals surface area contributed by atoms with Gasteiger partial charge >= 0.3 is 0 Å². The molecule has 0 aliphatic heterocycles. The predicted molar refractivity (Wildman–Crippen MR) is 92.7 cm³/mol. The van der Waals surface area contributed by atoms with Crippen LogP contribution in [0, 0.1) is 41.5 Å². The van der Waals surface area contributed by atoms with Gasteiger partial charge in [-0.3, -0.25) is 0 Å². The molecule has 0 bridgehead atoms. The van der Waals surface area contributed by atoms with Crippen LogP contribution >= 0.6 is 0 Å². The first-order chi connectivity index (χ1) is 9.40. The van der Waals surface area contributed by atoms with Crippen LogP contribution in [0.2, 0.25) is 0 Å². The van der Waals surface area contributed by atoms with E-state index in [0.29, 0.717) is 0 Å². The van der Waals surface area contributed by atoms with Gasteiger partial charge in [-0.05, 0) is 63.8 Å². The van der Waals surface area contributed by atoms with E-state index in [2.05, 4.69) is 77.9 Å². The summed E-state index contributed by atoms with van der Waals surface area (Å²) in [6.45, 7) is 16.8. The summed E-state index contributed by atoms with van der Waals surface area (Å²) in [4.78, 5) is 0. The van der Waals surface area contributed by atoms with Gasteiger partial charge in [-0.2, -0.15) is 0 Å². The average molecular weight is 270 g/mol. The Kier molecular flexibility index (Phi) is 8.63. The molecule has 0 N–H and O–H groups in total. The third-order valence-electron chi connectivity index (χ3n) is 3.32. The van der Waals surface area contributed by atoms with Crippen molar-refractivity contribution in [3.05, 3.63) is 69.8 Å². The summed E-state index contributed by atoms with van der Waals surface area (Å²) in [7, 11) is 0. The van der Waals surface area contributed by atoms with Crippen LogP contribution in [0.25, 0.3) is 0 Å². The molecule has 20 heavy (non-hydrogen) atoms. The highest BCUT2D eigenvalue weighted by Gasteiger charge is 1.89. The van der Waals surface area contributed by atoms with E-state index >= 15 is 0 Å². The maximum Gasteiger partial charge on any atom is -0.0395 e. The predicted octanol–water partition coefficient (Wildman–Crippen LogP) is 6.25. The van der Waals surface area contributed by atoms with Crippen molar-refractivity contribution in [1.82, 2.24) is 0 Å². The quantitative estimate of drug-likeness (QED) is 0.530. The lowest BCUT2D eigenvalue weighted by Crippen LogP contribution is -1.79. The molecule has 2 aromatic rings. The second-order valence-corrected chi connectivity index (χ2v) is 5.18. The van der Waals surface area contributed by atoms with Crippen molar-refractivity contribution in [2.24, 2.45) is 0 Å². The van der Waals surface area contributed by atoms with Crippen molar-refractivity contribution in [2.75, 3.05) is 0 Å². The molecule has 0 radical (unpaired) electrons. The fourth-order valence-electron chi connectivity index (χ4n) is 1.78. The Morgan fingerprint density at radius 2 is 0.750 bits per heavy atom. The van der Waals surface area contributed by atoms with E-state index < -0.39 is 0 Å². The van der Waals surface area contributed by atoms with E-state index in [0.717, 1.165) is 0 Å². The second-order valence-electron chi connectivity index (χ2n) is 5.18. The van der Waals surface area contributed by atoms with Gasteiger partial charge in [-0.15, -0.1) is 0 Å². The van der Waals surface area contributed by atoms with Gasteiger partial charge in [0.1, 0.15) is 0 Å². The minimum atomic E-state index is 1.35. The zero-order chi connectivity index (χ0) is 15.7. The number of aryl methyl sites for hydroxylation is 6. The van der Waals surface area contributed by atoms with Gasteiger partial charge in [0.25, 0.3) is 0 Å². The summed E-state index contributed by atoms with van der Waals surface area (Å²) >= 11 is 0. The number of rotatable bonds is 0. The van der Waals surface area contributed by atoms with E-state index in [1.165, 1.54) is 33.4 Å². The third kappa shape index (κ3) is 6.56. The Morgan fingerprint density at radius 3 is 0.950 bits per heavy atom. The molecule has 0 spiro atoms. The van der Waals surface area contributed by atoms with Gasteiger partial charge in [0, 0.05) is 0 Å². The lowest BCUT2D eigenvalue weighted by Gasteiger charge is -1.98. The molecular weight excluding hydrogens is 240 g/mol. The normalized spacial score (nSPS) is 9.00. The zero-order valence-corrected chi connectivity index (χ0v) is 14.5. The molecule has 0 heteroatoms. The fourth-order valence-corrected chi connectivity index (χ4v) is 1.78. The first kappa shape index (κ1) is 18.4. The lowest BCUT2D eigenvalue weighted by atomic mass is 10.1. The van der Waals surface area contributed by atoms with E-state index in [1.807, 2.05) is 13.8 Å². The minimum absolute atomic E-state index is 1.35. The second kappa shape index (κ2) is 9.36. The molecule has 0 fully saturated rings. The van der Waals surface area contributed by atoms with E-state index in [9.17, 15) is 0 Å². The van der Waals surface area contributed by atoms with Gasteiger partial charge in [0.2, 0.25) is 0 Å². The SMILES string of the molecule is CC.Cc1ccc(C)c(C)c1.Cc1ccc(C)c(C)c1. The van der Waals surface area contributed by atoms with Crippen LogP contribution in [-0.2, 0) is 0 Å². The Balaban J connectivity index is 0.000000321. The minimum Gasteiger partial charge on any atom is -0.0683 e. The lowest BCUT2D eigenvalue weighted by molar-refractivity contribution is 1.30. The fraction of sp³-hybridized carbons (Fsp3) is 0.400. The molecule has 0 unspecified atom stereocenters. The first-order valence-corrected chi connectivity index (χ1v) is 7.48.